The number of carbonyl (C=O) groups excluding carboxylic acids is 1. The normalized spacial score (nSPS) is 16.5. The van der Waals surface area contributed by atoms with Crippen LogP contribution in [0.2, 0.25) is 0 Å². The molecule has 4 nitrogen and oxygen atoms in total. The number of rotatable bonds is 4. The maximum absolute atomic E-state index is 11.8. The van der Waals surface area contributed by atoms with Gasteiger partial charge in [0.05, 0.1) is 12.2 Å². The standard InChI is InChI=1S/C13H16BrNO3/c1-13(2)15-12(16)10-5-4-9(8-11(10)18-13)17-7-3-6-14/h4-5,8H,3,6-7H2,1-2H3,(H,15,16). The van der Waals surface area contributed by atoms with Crippen molar-refractivity contribution < 1.29 is 14.3 Å². The Balaban J connectivity index is 2.18. The molecule has 0 fully saturated rings. The first-order valence-electron chi connectivity index (χ1n) is 5.86. The van der Waals surface area contributed by atoms with E-state index < -0.39 is 5.72 Å². The third kappa shape index (κ3) is 2.96. The van der Waals surface area contributed by atoms with Gasteiger partial charge < -0.3 is 14.8 Å². The van der Waals surface area contributed by atoms with Gasteiger partial charge in [-0.3, -0.25) is 4.79 Å². The summed E-state index contributed by atoms with van der Waals surface area (Å²) in [7, 11) is 0. The number of benzene rings is 1. The van der Waals surface area contributed by atoms with Crippen LogP contribution in [0.1, 0.15) is 30.6 Å². The minimum Gasteiger partial charge on any atom is -0.493 e. The molecule has 0 unspecified atom stereocenters. The maximum atomic E-state index is 11.8. The third-order valence-electron chi connectivity index (χ3n) is 2.52. The van der Waals surface area contributed by atoms with E-state index in [-0.39, 0.29) is 5.91 Å². The molecular formula is C13H16BrNO3. The van der Waals surface area contributed by atoms with E-state index in [9.17, 15) is 4.79 Å². The van der Waals surface area contributed by atoms with Crippen LogP contribution >= 0.6 is 15.9 Å². The Bertz CT molecular complexity index is 460. The van der Waals surface area contributed by atoms with Crippen molar-refractivity contribution in [3.63, 3.8) is 0 Å². The van der Waals surface area contributed by atoms with E-state index in [1.54, 1.807) is 18.2 Å². The third-order valence-corrected chi connectivity index (χ3v) is 3.08. The van der Waals surface area contributed by atoms with Crippen LogP contribution < -0.4 is 14.8 Å². The van der Waals surface area contributed by atoms with E-state index in [0.717, 1.165) is 17.5 Å². The molecule has 0 bridgehead atoms. The predicted octanol–water partition coefficient (Wildman–Crippen LogP) is 2.71. The predicted molar refractivity (Wildman–Crippen MR) is 72.5 cm³/mol. The smallest absolute Gasteiger partial charge is 0.258 e. The number of nitrogens with one attached hydrogen (secondary N) is 1. The zero-order valence-corrected chi connectivity index (χ0v) is 12.0. The highest BCUT2D eigenvalue weighted by molar-refractivity contribution is 9.09. The number of fused-ring (bicyclic) bond motifs is 1. The summed E-state index contributed by atoms with van der Waals surface area (Å²) in [4.78, 5) is 11.8. The number of hydrogen-bond donors (Lipinski definition) is 1. The molecule has 1 aromatic carbocycles. The van der Waals surface area contributed by atoms with Gasteiger partial charge in [0.25, 0.3) is 5.91 Å². The van der Waals surface area contributed by atoms with Crippen molar-refractivity contribution in [2.24, 2.45) is 0 Å². The van der Waals surface area contributed by atoms with Crippen molar-refractivity contribution in [1.82, 2.24) is 5.32 Å². The van der Waals surface area contributed by atoms with Gasteiger partial charge in [0.15, 0.2) is 5.72 Å². The molecule has 1 heterocycles. The molecule has 18 heavy (non-hydrogen) atoms. The van der Waals surface area contributed by atoms with Gasteiger partial charge in [-0.2, -0.15) is 0 Å². The molecule has 0 saturated heterocycles. The summed E-state index contributed by atoms with van der Waals surface area (Å²) in [6.07, 6.45) is 0.934. The zero-order valence-electron chi connectivity index (χ0n) is 10.5. The Morgan fingerprint density at radius 1 is 1.44 bits per heavy atom. The van der Waals surface area contributed by atoms with Gasteiger partial charge in [0.1, 0.15) is 11.5 Å². The molecule has 2 rings (SSSR count). The fraction of sp³-hybridized carbons (Fsp3) is 0.462. The summed E-state index contributed by atoms with van der Waals surface area (Å²) < 4.78 is 11.3. The van der Waals surface area contributed by atoms with Gasteiger partial charge in [-0.15, -0.1) is 0 Å². The van der Waals surface area contributed by atoms with E-state index in [1.165, 1.54) is 0 Å². The van der Waals surface area contributed by atoms with E-state index in [0.29, 0.717) is 17.9 Å². The van der Waals surface area contributed by atoms with Crippen LogP contribution in [0.3, 0.4) is 0 Å². The maximum Gasteiger partial charge on any atom is 0.258 e. The lowest BCUT2D eigenvalue weighted by atomic mass is 10.1. The van der Waals surface area contributed by atoms with Crippen molar-refractivity contribution >= 4 is 21.8 Å². The minimum absolute atomic E-state index is 0.117. The average molecular weight is 314 g/mol. The highest BCUT2D eigenvalue weighted by Gasteiger charge is 2.31. The first kappa shape index (κ1) is 13.2. The molecule has 5 heteroatoms. The van der Waals surface area contributed by atoms with Crippen LogP contribution in [0.25, 0.3) is 0 Å². The van der Waals surface area contributed by atoms with Gasteiger partial charge in [-0.05, 0) is 32.4 Å². The summed E-state index contributed by atoms with van der Waals surface area (Å²) in [6.45, 7) is 4.26. The molecule has 0 radical (unpaired) electrons. The van der Waals surface area contributed by atoms with Crippen molar-refractivity contribution in [2.45, 2.75) is 26.0 Å². The fourth-order valence-corrected chi connectivity index (χ4v) is 1.98. The Morgan fingerprint density at radius 2 is 2.22 bits per heavy atom. The molecule has 0 saturated carbocycles. The number of hydrogen-bond acceptors (Lipinski definition) is 3. The van der Waals surface area contributed by atoms with Gasteiger partial charge in [-0.1, -0.05) is 15.9 Å². The lowest BCUT2D eigenvalue weighted by Crippen LogP contribution is -2.51. The number of carbonyl (C=O) groups is 1. The van der Waals surface area contributed by atoms with Gasteiger partial charge in [-0.25, -0.2) is 0 Å². The fourth-order valence-electron chi connectivity index (χ4n) is 1.75. The first-order valence-corrected chi connectivity index (χ1v) is 6.98. The SMILES string of the molecule is CC1(C)NC(=O)c2ccc(OCCCBr)cc2O1. The largest absolute Gasteiger partial charge is 0.493 e. The van der Waals surface area contributed by atoms with Crippen LogP contribution in [0, 0.1) is 0 Å². The van der Waals surface area contributed by atoms with Crippen LogP contribution in [0.4, 0.5) is 0 Å². The van der Waals surface area contributed by atoms with Crippen LogP contribution in [-0.2, 0) is 0 Å². The number of amides is 1. The highest BCUT2D eigenvalue weighted by Crippen LogP contribution is 2.31. The molecular weight excluding hydrogens is 298 g/mol. The zero-order chi connectivity index (χ0) is 13.2. The quantitative estimate of drug-likeness (QED) is 0.687. The number of halogens is 1. The van der Waals surface area contributed by atoms with E-state index in [1.807, 2.05) is 13.8 Å². The van der Waals surface area contributed by atoms with Crippen LogP contribution in [0.5, 0.6) is 11.5 Å². The molecule has 1 aromatic rings. The second kappa shape index (κ2) is 5.18. The molecule has 1 amide bonds. The van der Waals surface area contributed by atoms with Crippen LogP contribution in [0.15, 0.2) is 18.2 Å². The van der Waals surface area contributed by atoms with Crippen molar-refractivity contribution in [3.05, 3.63) is 23.8 Å². The van der Waals surface area contributed by atoms with E-state index in [2.05, 4.69) is 21.2 Å². The molecule has 0 aromatic heterocycles. The Hall–Kier alpha value is -1.23. The summed E-state index contributed by atoms with van der Waals surface area (Å²) in [5.41, 5.74) is -0.138. The summed E-state index contributed by atoms with van der Waals surface area (Å²) in [5.74, 6) is 1.17. The molecule has 1 aliphatic heterocycles. The monoisotopic (exact) mass is 313 g/mol. The van der Waals surface area contributed by atoms with Gasteiger partial charge in [0, 0.05) is 11.4 Å². The second-order valence-corrected chi connectivity index (χ2v) is 5.41. The summed E-state index contributed by atoms with van der Waals surface area (Å²) in [5, 5.41) is 3.68. The lowest BCUT2D eigenvalue weighted by molar-refractivity contribution is 0.0431. The molecule has 0 aliphatic carbocycles. The number of ether oxygens (including phenoxy) is 2. The van der Waals surface area contributed by atoms with E-state index >= 15 is 0 Å². The van der Waals surface area contributed by atoms with Crippen molar-refractivity contribution in [1.29, 1.82) is 0 Å². The topological polar surface area (TPSA) is 47.6 Å². The average Bonchev–Trinajstić information content (AvgIpc) is 2.27. The number of alkyl halides is 1. The van der Waals surface area contributed by atoms with Crippen LogP contribution in [-0.4, -0.2) is 23.6 Å². The second-order valence-electron chi connectivity index (χ2n) is 4.62. The Labute approximate surface area is 115 Å². The summed E-state index contributed by atoms with van der Waals surface area (Å²) in [6, 6.07) is 5.28. The molecule has 98 valence electrons. The highest BCUT2D eigenvalue weighted by atomic mass is 79.9. The van der Waals surface area contributed by atoms with Gasteiger partial charge >= 0.3 is 0 Å². The Kier molecular flexibility index (Phi) is 3.80. The van der Waals surface area contributed by atoms with Crippen molar-refractivity contribution in [3.8, 4) is 11.5 Å². The molecule has 0 atom stereocenters. The first-order chi connectivity index (χ1) is 8.52. The lowest BCUT2D eigenvalue weighted by Gasteiger charge is -2.33. The van der Waals surface area contributed by atoms with E-state index in [4.69, 9.17) is 9.47 Å². The van der Waals surface area contributed by atoms with Crippen molar-refractivity contribution in [2.75, 3.05) is 11.9 Å². The minimum atomic E-state index is -0.682. The van der Waals surface area contributed by atoms with Gasteiger partial charge in [0.2, 0.25) is 0 Å². The Morgan fingerprint density at radius 3 is 2.94 bits per heavy atom. The molecule has 1 N–H and O–H groups in total. The summed E-state index contributed by atoms with van der Waals surface area (Å²) >= 11 is 3.35. The molecule has 1 aliphatic rings. The molecule has 0 spiro atoms.